The molecule has 0 atom stereocenters. The fourth-order valence-electron chi connectivity index (χ4n) is 2.00. The van der Waals surface area contributed by atoms with Gasteiger partial charge in [-0.2, -0.15) is 0 Å². The van der Waals surface area contributed by atoms with Crippen molar-refractivity contribution in [3.05, 3.63) is 54.1 Å². The molecular weight excluding hydrogens is 332 g/mol. The molecule has 1 amide bonds. The molecule has 2 aromatic heterocycles. The number of anilines is 3. The Morgan fingerprint density at radius 1 is 1.26 bits per heavy atom. The Balaban J connectivity index is 1.91. The van der Waals surface area contributed by atoms with Crippen LogP contribution in [0.25, 0.3) is 10.3 Å². The van der Waals surface area contributed by atoms with Gasteiger partial charge >= 0.3 is 0 Å². The molecule has 3 aromatic rings. The van der Waals surface area contributed by atoms with Crippen molar-refractivity contribution in [2.75, 3.05) is 17.3 Å². The number of halogens is 1. The molecule has 7 heteroatoms. The van der Waals surface area contributed by atoms with Crippen LogP contribution in [0.5, 0.6) is 0 Å². The molecule has 0 unspecified atom stereocenters. The topological polar surface area (TPSA) is 58.1 Å². The number of pyridine rings is 1. The third-order valence-corrected chi connectivity index (χ3v) is 4.35. The second-order valence-corrected chi connectivity index (χ2v) is 6.16. The number of aromatic nitrogens is 2. The number of carbonyl (C=O) groups excluding carboxylic acids is 1. The van der Waals surface area contributed by atoms with Crippen LogP contribution in [-0.4, -0.2) is 22.9 Å². The molecule has 1 aromatic carbocycles. The Bertz CT molecular complexity index is 875. The normalized spacial score (nSPS) is 10.5. The molecule has 1 N–H and O–H groups in total. The molecule has 0 saturated heterocycles. The minimum Gasteiger partial charge on any atom is -0.329 e. The Labute approximate surface area is 142 Å². The monoisotopic (exact) mass is 344 g/mol. The molecule has 0 aliphatic heterocycles. The molecule has 0 aliphatic rings. The Morgan fingerprint density at radius 2 is 2.00 bits per heavy atom. The maximum atomic E-state index is 11.3. The average Bonchev–Trinajstić information content (AvgIpc) is 2.96. The van der Waals surface area contributed by atoms with Crippen LogP contribution in [0.3, 0.4) is 0 Å². The van der Waals surface area contributed by atoms with Crippen molar-refractivity contribution in [2.45, 2.75) is 0 Å². The zero-order chi connectivity index (χ0) is 16.4. The summed E-state index contributed by atoms with van der Waals surface area (Å²) in [6.07, 6.45) is 1.21. The van der Waals surface area contributed by atoms with Crippen molar-refractivity contribution in [1.29, 1.82) is 0 Å². The predicted octanol–water partition coefficient (Wildman–Crippen LogP) is 4.24. The first kappa shape index (κ1) is 15.5. The van der Waals surface area contributed by atoms with E-state index in [1.54, 1.807) is 0 Å². The van der Waals surface area contributed by atoms with E-state index in [1.807, 2.05) is 48.3 Å². The summed E-state index contributed by atoms with van der Waals surface area (Å²) in [5.41, 5.74) is 1.72. The van der Waals surface area contributed by atoms with Crippen LogP contribution < -0.4 is 10.2 Å². The summed E-state index contributed by atoms with van der Waals surface area (Å²) in [6.45, 7) is 3.42. The average molecular weight is 345 g/mol. The Morgan fingerprint density at radius 3 is 2.70 bits per heavy atom. The zero-order valence-electron chi connectivity index (χ0n) is 12.3. The summed E-state index contributed by atoms with van der Waals surface area (Å²) in [4.78, 5) is 23.0. The van der Waals surface area contributed by atoms with E-state index in [2.05, 4.69) is 21.9 Å². The van der Waals surface area contributed by atoms with Crippen LogP contribution in [0.4, 0.5) is 16.6 Å². The van der Waals surface area contributed by atoms with Crippen molar-refractivity contribution >= 4 is 55.8 Å². The number of hydrogen-bond donors (Lipinski definition) is 1. The third-order valence-electron chi connectivity index (χ3n) is 3.21. The molecule has 0 bridgehead atoms. The van der Waals surface area contributed by atoms with Gasteiger partial charge in [-0.15, -0.1) is 0 Å². The number of rotatable bonds is 4. The van der Waals surface area contributed by atoms with Gasteiger partial charge in [0.1, 0.15) is 16.2 Å². The van der Waals surface area contributed by atoms with E-state index in [4.69, 9.17) is 11.6 Å². The van der Waals surface area contributed by atoms with Crippen LogP contribution in [0.1, 0.15) is 0 Å². The van der Waals surface area contributed by atoms with Crippen molar-refractivity contribution in [2.24, 2.45) is 0 Å². The van der Waals surface area contributed by atoms with Crippen LogP contribution in [0.15, 0.2) is 49.1 Å². The maximum absolute atomic E-state index is 11.3. The van der Waals surface area contributed by atoms with E-state index in [0.717, 1.165) is 21.9 Å². The quantitative estimate of drug-likeness (QED) is 0.719. The second-order valence-electron chi connectivity index (χ2n) is 4.74. The predicted molar refractivity (Wildman–Crippen MR) is 95.8 cm³/mol. The number of amides is 1. The molecule has 3 rings (SSSR count). The standard InChI is InChI=1S/C16H13ClN4OS/c1-3-14(22)20-16-18-12-8-9-13(19-15(12)23-16)21(2)11-6-4-10(17)5-7-11/h3-9H,1H2,2H3,(H,18,20,22). The maximum Gasteiger partial charge on any atom is 0.249 e. The van der Waals surface area contributed by atoms with Gasteiger partial charge in [-0.25, -0.2) is 9.97 Å². The first-order valence-electron chi connectivity index (χ1n) is 6.77. The third kappa shape index (κ3) is 3.33. The van der Waals surface area contributed by atoms with Gasteiger partial charge in [-0.05, 0) is 42.5 Å². The smallest absolute Gasteiger partial charge is 0.249 e. The molecule has 5 nitrogen and oxygen atoms in total. The number of nitrogens with zero attached hydrogens (tertiary/aromatic N) is 3. The zero-order valence-corrected chi connectivity index (χ0v) is 13.9. The van der Waals surface area contributed by atoms with Crippen LogP contribution in [0.2, 0.25) is 5.02 Å². The Hall–Kier alpha value is -2.44. The van der Waals surface area contributed by atoms with Gasteiger partial charge in [0.25, 0.3) is 0 Å². The van der Waals surface area contributed by atoms with Gasteiger partial charge in [0.2, 0.25) is 5.91 Å². The lowest BCUT2D eigenvalue weighted by atomic mass is 10.3. The lowest BCUT2D eigenvalue weighted by molar-refractivity contribution is -0.111. The van der Waals surface area contributed by atoms with E-state index in [0.29, 0.717) is 10.2 Å². The highest BCUT2D eigenvalue weighted by Crippen LogP contribution is 2.29. The molecular formula is C16H13ClN4OS. The highest BCUT2D eigenvalue weighted by molar-refractivity contribution is 7.22. The summed E-state index contributed by atoms with van der Waals surface area (Å²) >= 11 is 7.23. The van der Waals surface area contributed by atoms with Gasteiger partial charge in [0.15, 0.2) is 5.13 Å². The second kappa shape index (κ2) is 6.36. The minimum absolute atomic E-state index is 0.289. The fraction of sp³-hybridized carbons (Fsp3) is 0.0625. The van der Waals surface area contributed by atoms with Gasteiger partial charge < -0.3 is 4.90 Å². The van der Waals surface area contributed by atoms with E-state index in [1.165, 1.54) is 17.4 Å². The van der Waals surface area contributed by atoms with E-state index in [-0.39, 0.29) is 5.91 Å². The number of nitrogens with one attached hydrogen (secondary N) is 1. The van der Waals surface area contributed by atoms with E-state index >= 15 is 0 Å². The van der Waals surface area contributed by atoms with Crippen LogP contribution in [0, 0.1) is 0 Å². The lowest BCUT2D eigenvalue weighted by Crippen LogP contribution is -2.10. The first-order valence-corrected chi connectivity index (χ1v) is 7.96. The molecule has 0 aliphatic carbocycles. The summed E-state index contributed by atoms with van der Waals surface area (Å²) in [7, 11) is 1.93. The van der Waals surface area contributed by atoms with Gasteiger partial charge in [-0.3, -0.25) is 10.1 Å². The molecule has 0 saturated carbocycles. The molecule has 116 valence electrons. The van der Waals surface area contributed by atoms with E-state index in [9.17, 15) is 4.79 Å². The minimum atomic E-state index is -0.289. The van der Waals surface area contributed by atoms with Crippen LogP contribution >= 0.6 is 22.9 Å². The molecule has 0 spiro atoms. The van der Waals surface area contributed by atoms with Crippen molar-refractivity contribution in [3.63, 3.8) is 0 Å². The van der Waals surface area contributed by atoms with E-state index < -0.39 is 0 Å². The lowest BCUT2D eigenvalue weighted by Gasteiger charge is -2.18. The molecule has 23 heavy (non-hydrogen) atoms. The molecule has 2 heterocycles. The number of fused-ring (bicyclic) bond motifs is 1. The number of hydrogen-bond acceptors (Lipinski definition) is 5. The highest BCUT2D eigenvalue weighted by Gasteiger charge is 2.10. The number of thiazole rings is 1. The largest absolute Gasteiger partial charge is 0.329 e. The first-order chi connectivity index (χ1) is 11.1. The summed E-state index contributed by atoms with van der Waals surface area (Å²) in [5, 5.41) is 3.84. The van der Waals surface area contributed by atoms with Crippen molar-refractivity contribution in [1.82, 2.24) is 9.97 Å². The fourth-order valence-corrected chi connectivity index (χ4v) is 2.96. The molecule has 0 radical (unpaired) electrons. The van der Waals surface area contributed by atoms with Gasteiger partial charge in [-0.1, -0.05) is 29.5 Å². The Kier molecular flexibility index (Phi) is 4.27. The van der Waals surface area contributed by atoms with Gasteiger partial charge in [0.05, 0.1) is 0 Å². The highest BCUT2D eigenvalue weighted by atomic mass is 35.5. The van der Waals surface area contributed by atoms with Gasteiger partial charge in [0, 0.05) is 17.8 Å². The molecule has 0 fully saturated rings. The SMILES string of the molecule is C=CC(=O)Nc1nc2ccc(N(C)c3ccc(Cl)cc3)nc2s1. The summed E-state index contributed by atoms with van der Waals surface area (Å²) in [5.74, 6) is 0.493. The van der Waals surface area contributed by atoms with Crippen molar-refractivity contribution in [3.8, 4) is 0 Å². The summed E-state index contributed by atoms with van der Waals surface area (Å²) < 4.78 is 0. The number of benzene rings is 1. The van der Waals surface area contributed by atoms with Crippen LogP contribution in [-0.2, 0) is 4.79 Å². The summed E-state index contributed by atoms with van der Waals surface area (Å²) in [6, 6.07) is 11.3. The number of carbonyl (C=O) groups is 1. The van der Waals surface area contributed by atoms with Crippen molar-refractivity contribution < 1.29 is 4.79 Å².